The molecule has 3 rings (SSSR count). The highest BCUT2D eigenvalue weighted by molar-refractivity contribution is 5.80. The van der Waals surface area contributed by atoms with E-state index in [1.165, 1.54) is 5.56 Å². The third kappa shape index (κ3) is 4.45. The zero-order valence-electron chi connectivity index (χ0n) is 15.5. The molecule has 0 saturated carbocycles. The van der Waals surface area contributed by atoms with Crippen molar-refractivity contribution in [3.8, 4) is 5.75 Å². The molecule has 1 aromatic carbocycles. The second kappa shape index (κ2) is 8.56. The average molecular weight is 353 g/mol. The van der Waals surface area contributed by atoms with Gasteiger partial charge in [0, 0.05) is 51.7 Å². The van der Waals surface area contributed by atoms with Gasteiger partial charge in [-0.05, 0) is 37.1 Å². The summed E-state index contributed by atoms with van der Waals surface area (Å²) in [5, 5.41) is 13.5. The highest BCUT2D eigenvalue weighted by Crippen LogP contribution is 2.27. The van der Waals surface area contributed by atoms with Gasteiger partial charge < -0.3 is 20.2 Å². The van der Waals surface area contributed by atoms with Crippen molar-refractivity contribution in [1.82, 2.24) is 15.2 Å². The van der Waals surface area contributed by atoms with Crippen LogP contribution in [0.25, 0.3) is 0 Å². The summed E-state index contributed by atoms with van der Waals surface area (Å²) in [5.41, 5.74) is 3.17. The highest BCUT2D eigenvalue weighted by Gasteiger charge is 2.21. The number of phenolic OH excluding ortho intramolecular Hbond substituents is 1. The molecule has 0 atom stereocenters. The fourth-order valence-electron chi connectivity index (χ4n) is 3.19. The molecule has 0 bridgehead atoms. The van der Waals surface area contributed by atoms with E-state index in [2.05, 4.69) is 31.2 Å². The zero-order chi connectivity index (χ0) is 18.4. The monoisotopic (exact) mass is 353 g/mol. The maximum absolute atomic E-state index is 10.0. The van der Waals surface area contributed by atoms with Gasteiger partial charge in [0.1, 0.15) is 5.75 Å². The molecule has 0 unspecified atom stereocenters. The molecule has 0 radical (unpaired) electrons. The molecule has 1 fully saturated rings. The number of benzene rings is 1. The summed E-state index contributed by atoms with van der Waals surface area (Å²) in [6, 6.07) is 11.7. The van der Waals surface area contributed by atoms with Crippen LogP contribution >= 0.6 is 0 Å². The van der Waals surface area contributed by atoms with Crippen LogP contribution in [0.3, 0.4) is 0 Å². The Morgan fingerprint density at radius 3 is 2.58 bits per heavy atom. The number of aromatic hydroxyl groups is 1. The van der Waals surface area contributed by atoms with Crippen LogP contribution in [0.5, 0.6) is 5.75 Å². The number of aromatic nitrogens is 1. The van der Waals surface area contributed by atoms with E-state index in [0.717, 1.165) is 56.5 Å². The topological polar surface area (TPSA) is 64.0 Å². The van der Waals surface area contributed by atoms with Gasteiger partial charge in [-0.2, -0.15) is 0 Å². The third-order valence-electron chi connectivity index (χ3n) is 4.68. The Morgan fingerprint density at radius 2 is 1.92 bits per heavy atom. The SMILES string of the molecule is CN=C(NCCc1ccc(C)nc1)N1CCN(c2ccccc2O)CC1. The lowest BCUT2D eigenvalue weighted by molar-refractivity contribution is 0.370. The number of rotatable bonds is 4. The molecule has 2 N–H and O–H groups in total. The molecule has 138 valence electrons. The van der Waals surface area contributed by atoms with Gasteiger partial charge in [-0.1, -0.05) is 18.2 Å². The molecular weight excluding hydrogens is 326 g/mol. The molecule has 1 saturated heterocycles. The van der Waals surface area contributed by atoms with Crippen LogP contribution < -0.4 is 10.2 Å². The van der Waals surface area contributed by atoms with E-state index in [9.17, 15) is 5.11 Å². The number of aryl methyl sites for hydroxylation is 1. The van der Waals surface area contributed by atoms with Crippen molar-refractivity contribution in [2.45, 2.75) is 13.3 Å². The first-order valence-corrected chi connectivity index (χ1v) is 9.07. The molecule has 1 aliphatic heterocycles. The standard InChI is InChI=1S/C20H27N5O/c1-16-7-8-17(15-23-16)9-10-22-20(21-2)25-13-11-24(12-14-25)18-5-3-4-6-19(18)26/h3-8,15,26H,9-14H2,1-2H3,(H,21,22). The Balaban J connectivity index is 1.49. The Bertz CT molecular complexity index is 736. The fourth-order valence-corrected chi connectivity index (χ4v) is 3.19. The molecule has 6 heteroatoms. The van der Waals surface area contributed by atoms with Gasteiger partial charge >= 0.3 is 0 Å². The number of aliphatic imine (C=N–C) groups is 1. The van der Waals surface area contributed by atoms with E-state index in [1.54, 1.807) is 6.07 Å². The highest BCUT2D eigenvalue weighted by atomic mass is 16.3. The molecule has 26 heavy (non-hydrogen) atoms. The van der Waals surface area contributed by atoms with Gasteiger partial charge in [-0.25, -0.2) is 0 Å². The van der Waals surface area contributed by atoms with Crippen LogP contribution in [-0.2, 0) is 6.42 Å². The van der Waals surface area contributed by atoms with Crippen LogP contribution in [-0.4, -0.2) is 60.7 Å². The first-order chi connectivity index (χ1) is 12.7. The maximum atomic E-state index is 10.0. The summed E-state index contributed by atoms with van der Waals surface area (Å²) in [5.74, 6) is 1.28. The van der Waals surface area contributed by atoms with Crippen molar-refractivity contribution in [2.24, 2.45) is 4.99 Å². The molecule has 0 spiro atoms. The minimum Gasteiger partial charge on any atom is -0.506 e. The summed E-state index contributed by atoms with van der Waals surface area (Å²) < 4.78 is 0. The van der Waals surface area contributed by atoms with E-state index in [1.807, 2.05) is 44.4 Å². The van der Waals surface area contributed by atoms with Crippen LogP contribution in [0.1, 0.15) is 11.3 Å². The van der Waals surface area contributed by atoms with Gasteiger partial charge in [0.05, 0.1) is 5.69 Å². The molecule has 0 aliphatic carbocycles. The van der Waals surface area contributed by atoms with E-state index in [-0.39, 0.29) is 0 Å². The van der Waals surface area contributed by atoms with Crippen molar-refractivity contribution in [3.05, 3.63) is 53.9 Å². The quantitative estimate of drug-likeness (QED) is 0.650. The lowest BCUT2D eigenvalue weighted by Crippen LogP contribution is -2.52. The number of hydrogen-bond donors (Lipinski definition) is 2. The first kappa shape index (κ1) is 18.0. The predicted molar refractivity (Wildman–Crippen MR) is 106 cm³/mol. The van der Waals surface area contributed by atoms with Crippen LogP contribution in [0, 0.1) is 6.92 Å². The molecule has 1 aromatic heterocycles. The number of guanidine groups is 1. The molecular formula is C20H27N5O. The Hall–Kier alpha value is -2.76. The number of piperazine rings is 1. The van der Waals surface area contributed by atoms with Gasteiger partial charge in [0.25, 0.3) is 0 Å². The van der Waals surface area contributed by atoms with E-state index in [4.69, 9.17) is 0 Å². The van der Waals surface area contributed by atoms with Crippen molar-refractivity contribution >= 4 is 11.6 Å². The molecule has 2 aromatic rings. The van der Waals surface area contributed by atoms with Crippen LogP contribution in [0.15, 0.2) is 47.6 Å². The van der Waals surface area contributed by atoms with Gasteiger partial charge in [-0.3, -0.25) is 9.98 Å². The molecule has 1 aliphatic rings. The molecule has 6 nitrogen and oxygen atoms in total. The Labute approximate surface area is 155 Å². The van der Waals surface area contributed by atoms with E-state index in [0.29, 0.717) is 5.75 Å². The van der Waals surface area contributed by atoms with Crippen molar-refractivity contribution in [2.75, 3.05) is 44.7 Å². The number of hydrogen-bond acceptors (Lipinski definition) is 4. The normalized spacial score (nSPS) is 15.2. The van der Waals surface area contributed by atoms with Gasteiger partial charge in [-0.15, -0.1) is 0 Å². The number of nitrogens with zero attached hydrogens (tertiary/aromatic N) is 4. The van der Waals surface area contributed by atoms with Crippen molar-refractivity contribution in [1.29, 1.82) is 0 Å². The molecule has 0 amide bonds. The average Bonchev–Trinajstić information content (AvgIpc) is 2.67. The minimum absolute atomic E-state index is 0.343. The Morgan fingerprint density at radius 1 is 1.15 bits per heavy atom. The van der Waals surface area contributed by atoms with E-state index < -0.39 is 0 Å². The van der Waals surface area contributed by atoms with Gasteiger partial charge in [0.2, 0.25) is 0 Å². The number of anilines is 1. The van der Waals surface area contributed by atoms with Gasteiger partial charge in [0.15, 0.2) is 5.96 Å². The van der Waals surface area contributed by atoms with Crippen molar-refractivity contribution < 1.29 is 5.11 Å². The molecule has 2 heterocycles. The first-order valence-electron chi connectivity index (χ1n) is 9.07. The number of pyridine rings is 1. The zero-order valence-corrected chi connectivity index (χ0v) is 15.5. The fraction of sp³-hybridized carbons (Fsp3) is 0.400. The maximum Gasteiger partial charge on any atom is 0.193 e. The summed E-state index contributed by atoms with van der Waals surface area (Å²) in [4.78, 5) is 13.2. The van der Waals surface area contributed by atoms with E-state index >= 15 is 0 Å². The second-order valence-electron chi connectivity index (χ2n) is 6.49. The predicted octanol–water partition coefficient (Wildman–Crippen LogP) is 2.04. The van der Waals surface area contributed by atoms with Crippen LogP contribution in [0.2, 0.25) is 0 Å². The largest absolute Gasteiger partial charge is 0.506 e. The summed E-state index contributed by atoms with van der Waals surface area (Å²) in [6.07, 6.45) is 2.86. The number of nitrogens with one attached hydrogen (secondary N) is 1. The summed E-state index contributed by atoms with van der Waals surface area (Å²) in [7, 11) is 1.82. The second-order valence-corrected chi connectivity index (χ2v) is 6.49. The lowest BCUT2D eigenvalue weighted by Gasteiger charge is -2.37. The third-order valence-corrected chi connectivity index (χ3v) is 4.68. The number of para-hydroxylation sites is 2. The van der Waals surface area contributed by atoms with Crippen molar-refractivity contribution in [3.63, 3.8) is 0 Å². The minimum atomic E-state index is 0.343. The Kier molecular flexibility index (Phi) is 5.94. The number of phenols is 1. The van der Waals surface area contributed by atoms with Crippen LogP contribution in [0.4, 0.5) is 5.69 Å². The lowest BCUT2D eigenvalue weighted by atomic mass is 10.2. The smallest absolute Gasteiger partial charge is 0.193 e. The summed E-state index contributed by atoms with van der Waals surface area (Å²) in [6.45, 7) is 6.30. The summed E-state index contributed by atoms with van der Waals surface area (Å²) >= 11 is 0.